The van der Waals surface area contributed by atoms with Crippen LogP contribution in [0.3, 0.4) is 0 Å². The Bertz CT molecular complexity index is 823. The number of carbonyl (C=O) groups excluding carboxylic acids is 2. The second-order valence-corrected chi connectivity index (χ2v) is 6.21. The number of anilines is 1. The molecule has 0 unspecified atom stereocenters. The van der Waals surface area contributed by atoms with Gasteiger partial charge in [0.05, 0.1) is 22.7 Å². The third-order valence-electron chi connectivity index (χ3n) is 3.67. The molecule has 0 spiro atoms. The van der Waals surface area contributed by atoms with Crippen molar-refractivity contribution in [3.8, 4) is 5.75 Å². The van der Waals surface area contributed by atoms with Crippen LogP contribution in [0.1, 0.15) is 20.7 Å². The summed E-state index contributed by atoms with van der Waals surface area (Å²) < 4.78 is 5.56. The summed E-state index contributed by atoms with van der Waals surface area (Å²) in [5, 5.41) is 3.44. The van der Waals surface area contributed by atoms with Crippen LogP contribution in [-0.4, -0.2) is 36.9 Å². The summed E-state index contributed by atoms with van der Waals surface area (Å²) in [7, 11) is 1.71. The molecular weight excluding hydrogens is 351 g/mol. The topological polar surface area (TPSA) is 58.6 Å². The molecule has 2 aromatic carbocycles. The fraction of sp³-hybridized carbons (Fsp3) is 0.176. The van der Waals surface area contributed by atoms with Gasteiger partial charge < -0.3 is 15.0 Å². The summed E-state index contributed by atoms with van der Waals surface area (Å²) in [5.41, 5.74) is 1.20. The highest BCUT2D eigenvalue weighted by molar-refractivity contribution is 6.37. The Morgan fingerprint density at radius 2 is 2.00 bits per heavy atom. The van der Waals surface area contributed by atoms with E-state index in [2.05, 4.69) is 5.32 Å². The van der Waals surface area contributed by atoms with Crippen LogP contribution in [0.5, 0.6) is 5.75 Å². The largest absolute Gasteiger partial charge is 0.491 e. The third kappa shape index (κ3) is 3.32. The highest BCUT2D eigenvalue weighted by atomic mass is 35.5. The van der Waals surface area contributed by atoms with E-state index in [-0.39, 0.29) is 16.8 Å². The van der Waals surface area contributed by atoms with E-state index in [9.17, 15) is 9.59 Å². The van der Waals surface area contributed by atoms with E-state index < -0.39 is 0 Å². The van der Waals surface area contributed by atoms with E-state index in [0.717, 1.165) is 0 Å². The second-order valence-electron chi connectivity index (χ2n) is 5.36. The van der Waals surface area contributed by atoms with Gasteiger partial charge in [0.25, 0.3) is 11.8 Å². The first-order valence-electron chi connectivity index (χ1n) is 7.24. The third-order valence-corrected chi connectivity index (χ3v) is 4.22. The minimum Gasteiger partial charge on any atom is -0.491 e. The average Bonchev–Trinajstić information content (AvgIpc) is 2.67. The highest BCUT2D eigenvalue weighted by Gasteiger charge is 2.21. The lowest BCUT2D eigenvalue weighted by Gasteiger charge is -2.13. The fourth-order valence-electron chi connectivity index (χ4n) is 2.37. The molecule has 7 heteroatoms. The lowest BCUT2D eigenvalue weighted by Crippen LogP contribution is -2.27. The minimum absolute atomic E-state index is 0.150. The molecule has 1 aliphatic rings. The van der Waals surface area contributed by atoms with Gasteiger partial charge in [-0.05, 0) is 36.4 Å². The maximum atomic E-state index is 12.4. The molecule has 1 heterocycles. The lowest BCUT2D eigenvalue weighted by molar-refractivity contribution is 0.0796. The summed E-state index contributed by atoms with van der Waals surface area (Å²) in [6.07, 6.45) is 0. The maximum Gasteiger partial charge on any atom is 0.257 e. The quantitative estimate of drug-likeness (QED) is 0.883. The van der Waals surface area contributed by atoms with Crippen LogP contribution in [0.25, 0.3) is 0 Å². The molecule has 0 saturated heterocycles. The van der Waals surface area contributed by atoms with Crippen LogP contribution in [-0.2, 0) is 0 Å². The average molecular weight is 365 g/mol. The van der Waals surface area contributed by atoms with Gasteiger partial charge in [-0.3, -0.25) is 9.59 Å². The molecule has 0 saturated carbocycles. The van der Waals surface area contributed by atoms with E-state index in [1.807, 2.05) is 0 Å². The predicted octanol–water partition coefficient (Wildman–Crippen LogP) is 3.71. The summed E-state index contributed by atoms with van der Waals surface area (Å²) in [4.78, 5) is 26.3. The number of carbonyl (C=O) groups is 2. The zero-order chi connectivity index (χ0) is 17.3. The summed E-state index contributed by atoms with van der Waals surface area (Å²) >= 11 is 11.9. The molecule has 124 valence electrons. The molecule has 0 radical (unpaired) electrons. The van der Waals surface area contributed by atoms with Crippen molar-refractivity contribution in [3.63, 3.8) is 0 Å². The number of hydrogen-bond acceptors (Lipinski definition) is 3. The first-order chi connectivity index (χ1) is 11.5. The van der Waals surface area contributed by atoms with E-state index in [4.69, 9.17) is 27.9 Å². The molecule has 5 nitrogen and oxygen atoms in total. The van der Waals surface area contributed by atoms with Gasteiger partial charge in [-0.2, -0.15) is 0 Å². The molecule has 0 atom stereocenters. The van der Waals surface area contributed by atoms with Gasteiger partial charge in [0.1, 0.15) is 12.4 Å². The summed E-state index contributed by atoms with van der Waals surface area (Å²) in [6.45, 7) is 0.941. The molecule has 24 heavy (non-hydrogen) atoms. The second kappa shape index (κ2) is 6.71. The van der Waals surface area contributed by atoms with Crippen LogP contribution >= 0.6 is 23.2 Å². The van der Waals surface area contributed by atoms with Crippen molar-refractivity contribution in [2.24, 2.45) is 0 Å². The van der Waals surface area contributed by atoms with Gasteiger partial charge in [0.15, 0.2) is 0 Å². The first-order valence-corrected chi connectivity index (χ1v) is 8.00. The molecule has 0 aromatic heterocycles. The zero-order valence-electron chi connectivity index (χ0n) is 12.8. The van der Waals surface area contributed by atoms with Crippen molar-refractivity contribution in [3.05, 3.63) is 57.6 Å². The van der Waals surface area contributed by atoms with Crippen molar-refractivity contribution in [2.75, 3.05) is 25.5 Å². The zero-order valence-corrected chi connectivity index (χ0v) is 14.3. The SMILES string of the molecule is CN1CCOc2ccc(NC(=O)c3ccc(Cl)cc3Cl)cc2C1=O. The number of nitrogens with one attached hydrogen (secondary N) is 1. The predicted molar refractivity (Wildman–Crippen MR) is 93.3 cm³/mol. The van der Waals surface area contributed by atoms with Gasteiger partial charge in [0.2, 0.25) is 0 Å². The molecule has 0 bridgehead atoms. The van der Waals surface area contributed by atoms with Gasteiger partial charge in [-0.25, -0.2) is 0 Å². The molecule has 1 N–H and O–H groups in total. The summed E-state index contributed by atoms with van der Waals surface area (Å²) in [5.74, 6) is -0.0260. The Morgan fingerprint density at radius 3 is 2.75 bits per heavy atom. The van der Waals surface area contributed by atoms with E-state index in [1.54, 1.807) is 42.3 Å². The Morgan fingerprint density at radius 1 is 1.21 bits per heavy atom. The van der Waals surface area contributed by atoms with Crippen LogP contribution < -0.4 is 10.1 Å². The first kappa shape index (κ1) is 16.6. The molecular formula is C17H14Cl2N2O3. The van der Waals surface area contributed by atoms with E-state index >= 15 is 0 Å². The Kier molecular flexibility index (Phi) is 4.64. The number of halogens is 2. The number of likely N-dealkylation sites (N-methyl/N-ethyl adjacent to an activating group) is 1. The van der Waals surface area contributed by atoms with Gasteiger partial charge >= 0.3 is 0 Å². The van der Waals surface area contributed by atoms with Crippen LogP contribution in [0, 0.1) is 0 Å². The molecule has 1 aliphatic heterocycles. The molecule has 0 aliphatic carbocycles. The van der Waals surface area contributed by atoms with Crippen molar-refractivity contribution in [2.45, 2.75) is 0 Å². The number of hydrogen-bond donors (Lipinski definition) is 1. The van der Waals surface area contributed by atoms with E-state index in [1.165, 1.54) is 6.07 Å². The maximum absolute atomic E-state index is 12.4. The Hall–Kier alpha value is -2.24. The normalized spacial score (nSPS) is 13.8. The van der Waals surface area contributed by atoms with E-state index in [0.29, 0.717) is 40.7 Å². The van der Waals surface area contributed by atoms with Gasteiger partial charge in [-0.15, -0.1) is 0 Å². The number of rotatable bonds is 2. The Labute approximate surface area is 149 Å². The standard InChI is InChI=1S/C17H14Cl2N2O3/c1-21-6-7-24-15-5-3-11(9-13(15)17(21)23)20-16(22)12-4-2-10(18)8-14(12)19/h2-5,8-9H,6-7H2,1H3,(H,20,22). The monoisotopic (exact) mass is 364 g/mol. The van der Waals surface area contributed by atoms with Gasteiger partial charge in [-0.1, -0.05) is 23.2 Å². The molecule has 3 rings (SSSR count). The minimum atomic E-state index is -0.382. The number of benzene rings is 2. The van der Waals surface area contributed by atoms with Crippen molar-refractivity contribution >= 4 is 40.7 Å². The number of amides is 2. The molecule has 2 amide bonds. The number of ether oxygens (including phenoxy) is 1. The fourth-order valence-corrected chi connectivity index (χ4v) is 2.87. The number of nitrogens with zero attached hydrogens (tertiary/aromatic N) is 1. The molecule has 2 aromatic rings. The van der Waals surface area contributed by atoms with Crippen LogP contribution in [0.15, 0.2) is 36.4 Å². The number of fused-ring (bicyclic) bond motifs is 1. The van der Waals surface area contributed by atoms with Crippen molar-refractivity contribution in [1.82, 2.24) is 4.90 Å². The lowest BCUT2D eigenvalue weighted by atomic mass is 10.1. The Balaban J connectivity index is 1.87. The van der Waals surface area contributed by atoms with Crippen molar-refractivity contribution < 1.29 is 14.3 Å². The van der Waals surface area contributed by atoms with Crippen LogP contribution in [0.4, 0.5) is 5.69 Å². The highest BCUT2D eigenvalue weighted by Crippen LogP contribution is 2.27. The smallest absolute Gasteiger partial charge is 0.257 e. The van der Waals surface area contributed by atoms with Gasteiger partial charge in [0, 0.05) is 17.8 Å². The molecule has 0 fully saturated rings. The van der Waals surface area contributed by atoms with Crippen LogP contribution in [0.2, 0.25) is 10.0 Å². The summed E-state index contributed by atoms with van der Waals surface area (Å²) in [6, 6.07) is 9.59. The van der Waals surface area contributed by atoms with Crippen molar-refractivity contribution in [1.29, 1.82) is 0 Å².